The first-order valence-corrected chi connectivity index (χ1v) is 5.79. The van der Waals surface area contributed by atoms with E-state index < -0.39 is 15.9 Å². The Labute approximate surface area is 83.4 Å². The molecule has 0 saturated carbocycles. The molecule has 0 spiro atoms. The van der Waals surface area contributed by atoms with Gasteiger partial charge in [-0.05, 0) is 0 Å². The molecule has 0 aromatic rings. The van der Waals surface area contributed by atoms with E-state index in [4.69, 9.17) is 0 Å². The van der Waals surface area contributed by atoms with Gasteiger partial charge in [-0.15, -0.1) is 0 Å². The van der Waals surface area contributed by atoms with Crippen LogP contribution < -0.4 is 5.32 Å². The molecule has 1 N–H and O–H groups in total. The van der Waals surface area contributed by atoms with Gasteiger partial charge in [0.05, 0.1) is 0 Å². The largest absolute Gasteiger partial charge is 0.445 e. The van der Waals surface area contributed by atoms with Crippen LogP contribution in [0, 0.1) is 0 Å². The van der Waals surface area contributed by atoms with E-state index in [0.717, 1.165) is 11.7 Å². The van der Waals surface area contributed by atoms with Gasteiger partial charge >= 0.3 is 6.09 Å². The number of hydrogen-bond acceptors (Lipinski definition) is 4. The maximum Gasteiger partial charge on any atom is 0.407 e. The van der Waals surface area contributed by atoms with Gasteiger partial charge in [-0.1, -0.05) is 18.7 Å². The number of ether oxygens (including phenoxy) is 1. The fraction of sp³-hybridized carbons (Fsp3) is 0.375. The highest BCUT2D eigenvalue weighted by molar-refractivity contribution is 7.93. The Morgan fingerprint density at radius 1 is 1.57 bits per heavy atom. The van der Waals surface area contributed by atoms with Gasteiger partial charge in [0.2, 0.25) is 0 Å². The average Bonchev–Trinajstić information content (AvgIpc) is 2.07. The summed E-state index contributed by atoms with van der Waals surface area (Å²) in [6.45, 7) is 3.60. The molecule has 0 aliphatic carbocycles. The van der Waals surface area contributed by atoms with Crippen LogP contribution in [0.4, 0.5) is 4.79 Å². The van der Waals surface area contributed by atoms with Gasteiger partial charge in [0.25, 0.3) is 0 Å². The van der Waals surface area contributed by atoms with Gasteiger partial charge < -0.3 is 10.1 Å². The molecule has 0 fully saturated rings. The quantitative estimate of drug-likeness (QED) is 0.682. The first-order valence-electron chi connectivity index (χ1n) is 3.84. The summed E-state index contributed by atoms with van der Waals surface area (Å²) in [5.74, 6) is 0. The summed E-state index contributed by atoms with van der Waals surface area (Å²) in [6, 6.07) is 0. The molecule has 80 valence electrons. The fourth-order valence-corrected chi connectivity index (χ4v) is 0.997. The van der Waals surface area contributed by atoms with Crippen molar-refractivity contribution in [2.45, 2.75) is 0 Å². The Hall–Kier alpha value is -1.30. The summed E-state index contributed by atoms with van der Waals surface area (Å²) in [5, 5.41) is 3.34. The van der Waals surface area contributed by atoms with Crippen molar-refractivity contribution in [3.63, 3.8) is 0 Å². The Morgan fingerprint density at radius 3 is 2.71 bits per heavy atom. The normalized spacial score (nSPS) is 11.2. The second kappa shape index (κ2) is 6.20. The summed E-state index contributed by atoms with van der Waals surface area (Å²) >= 11 is 0. The van der Waals surface area contributed by atoms with E-state index in [1.165, 1.54) is 12.2 Å². The monoisotopic (exact) mass is 219 g/mol. The summed E-state index contributed by atoms with van der Waals surface area (Å²) < 4.78 is 25.8. The molecule has 0 radical (unpaired) electrons. The third-order valence-electron chi connectivity index (χ3n) is 1.04. The summed E-state index contributed by atoms with van der Waals surface area (Å²) in [5.41, 5.74) is 0. The van der Waals surface area contributed by atoms with Crippen molar-refractivity contribution in [1.82, 2.24) is 5.32 Å². The molecule has 14 heavy (non-hydrogen) atoms. The predicted octanol–water partition coefficient (Wildman–Crippen LogP) is 0.457. The molecular formula is C8H13NO4S. The number of nitrogens with one attached hydrogen (secondary N) is 1. The van der Waals surface area contributed by atoms with Crippen LogP contribution in [-0.2, 0) is 14.6 Å². The average molecular weight is 219 g/mol. The lowest BCUT2D eigenvalue weighted by Gasteiger charge is -2.01. The third kappa shape index (κ3) is 8.79. The topological polar surface area (TPSA) is 72.5 Å². The highest BCUT2D eigenvalue weighted by Crippen LogP contribution is 1.84. The lowest BCUT2D eigenvalue weighted by molar-refractivity contribution is 0.159. The van der Waals surface area contributed by atoms with Crippen molar-refractivity contribution in [3.05, 3.63) is 24.1 Å². The van der Waals surface area contributed by atoms with Crippen LogP contribution in [0.2, 0.25) is 0 Å². The zero-order valence-corrected chi connectivity index (χ0v) is 8.71. The highest BCUT2D eigenvalue weighted by atomic mass is 32.2. The number of carbonyl (C=O) groups excluding carboxylic acids is 1. The second-order valence-electron chi connectivity index (χ2n) is 2.47. The number of sulfone groups is 1. The van der Waals surface area contributed by atoms with E-state index in [9.17, 15) is 13.2 Å². The van der Waals surface area contributed by atoms with Gasteiger partial charge in [-0.2, -0.15) is 0 Å². The van der Waals surface area contributed by atoms with E-state index in [0.29, 0.717) is 0 Å². The zero-order valence-electron chi connectivity index (χ0n) is 7.89. The van der Waals surface area contributed by atoms with Crippen LogP contribution in [0.15, 0.2) is 24.1 Å². The van der Waals surface area contributed by atoms with Crippen LogP contribution in [0.1, 0.15) is 0 Å². The van der Waals surface area contributed by atoms with Crippen molar-refractivity contribution in [1.29, 1.82) is 0 Å². The molecule has 0 bridgehead atoms. The molecular weight excluding hydrogens is 206 g/mol. The van der Waals surface area contributed by atoms with Crippen LogP contribution in [-0.4, -0.2) is 33.9 Å². The van der Waals surface area contributed by atoms with Gasteiger partial charge in [0.15, 0.2) is 9.84 Å². The summed E-state index contributed by atoms with van der Waals surface area (Å²) in [6.07, 6.45) is 3.22. The molecule has 1 amide bonds. The van der Waals surface area contributed by atoms with Crippen molar-refractivity contribution < 1.29 is 17.9 Å². The molecule has 0 aromatic carbocycles. The van der Waals surface area contributed by atoms with Gasteiger partial charge in [0, 0.05) is 18.2 Å². The standard InChI is InChI=1S/C8H13NO4S/c1-3-6-13-8(10)9-5-4-7-14(2,11)12/h3-4,7H,1,5-6H2,2H3,(H,9,10)/b7-4+. The maximum atomic E-state index is 10.8. The SMILES string of the molecule is C=CCOC(=O)NC/C=C/S(C)(=O)=O. The van der Waals surface area contributed by atoms with Crippen molar-refractivity contribution in [2.24, 2.45) is 0 Å². The number of hydrogen-bond donors (Lipinski definition) is 1. The van der Waals surface area contributed by atoms with E-state index >= 15 is 0 Å². The van der Waals surface area contributed by atoms with Crippen LogP contribution in [0.3, 0.4) is 0 Å². The Balaban J connectivity index is 3.69. The molecule has 0 unspecified atom stereocenters. The lowest BCUT2D eigenvalue weighted by atomic mass is 10.6. The molecule has 0 aromatic heterocycles. The van der Waals surface area contributed by atoms with Crippen LogP contribution >= 0.6 is 0 Å². The highest BCUT2D eigenvalue weighted by Gasteiger charge is 1.97. The molecule has 6 heteroatoms. The van der Waals surface area contributed by atoms with Crippen molar-refractivity contribution in [3.8, 4) is 0 Å². The Kier molecular flexibility index (Phi) is 5.62. The Bertz CT molecular complexity index is 318. The third-order valence-corrected chi connectivity index (χ3v) is 1.73. The summed E-state index contributed by atoms with van der Waals surface area (Å²) in [4.78, 5) is 10.8. The number of amides is 1. The minimum Gasteiger partial charge on any atom is -0.445 e. The minimum atomic E-state index is -3.13. The van der Waals surface area contributed by atoms with Crippen molar-refractivity contribution >= 4 is 15.9 Å². The lowest BCUT2D eigenvalue weighted by Crippen LogP contribution is -2.24. The summed E-state index contributed by atoms with van der Waals surface area (Å²) in [7, 11) is -3.13. The van der Waals surface area contributed by atoms with E-state index in [-0.39, 0.29) is 13.2 Å². The van der Waals surface area contributed by atoms with Crippen LogP contribution in [0.5, 0.6) is 0 Å². The van der Waals surface area contributed by atoms with E-state index in [1.807, 2.05) is 0 Å². The number of carbonyl (C=O) groups is 1. The maximum absolute atomic E-state index is 10.8. The molecule has 0 atom stereocenters. The van der Waals surface area contributed by atoms with E-state index in [1.54, 1.807) is 0 Å². The minimum absolute atomic E-state index is 0.114. The van der Waals surface area contributed by atoms with Crippen molar-refractivity contribution in [2.75, 3.05) is 19.4 Å². The van der Waals surface area contributed by atoms with Gasteiger partial charge in [0.1, 0.15) is 6.61 Å². The molecule has 0 heterocycles. The second-order valence-corrected chi connectivity index (χ2v) is 4.40. The zero-order chi connectivity index (χ0) is 11.0. The first-order chi connectivity index (χ1) is 6.45. The molecule has 5 nitrogen and oxygen atoms in total. The van der Waals surface area contributed by atoms with E-state index in [2.05, 4.69) is 16.6 Å². The molecule has 0 aliphatic heterocycles. The number of alkyl carbamates (subject to hydrolysis) is 1. The van der Waals surface area contributed by atoms with Gasteiger partial charge in [-0.25, -0.2) is 13.2 Å². The smallest absolute Gasteiger partial charge is 0.407 e. The molecule has 0 saturated heterocycles. The Morgan fingerprint density at radius 2 is 2.21 bits per heavy atom. The molecule has 0 aliphatic rings. The fourth-order valence-electron chi connectivity index (χ4n) is 0.551. The number of rotatable bonds is 5. The molecule has 0 rings (SSSR count). The first kappa shape index (κ1) is 12.7. The van der Waals surface area contributed by atoms with Crippen LogP contribution in [0.25, 0.3) is 0 Å². The predicted molar refractivity (Wildman–Crippen MR) is 53.5 cm³/mol. The van der Waals surface area contributed by atoms with Gasteiger partial charge in [-0.3, -0.25) is 0 Å².